The van der Waals surface area contributed by atoms with Crippen LogP contribution in [0.1, 0.15) is 65.0 Å². The zero-order valence-electron chi connectivity index (χ0n) is 22.5. The Balaban J connectivity index is 1.43. The quantitative estimate of drug-likeness (QED) is 0.582. The van der Waals surface area contributed by atoms with Crippen LogP contribution in [0, 0.1) is 0 Å². The normalized spacial score (nSPS) is 27.5. The number of anilines is 3. The van der Waals surface area contributed by atoms with Crippen LogP contribution < -0.4 is 10.2 Å². The predicted molar refractivity (Wildman–Crippen MR) is 142 cm³/mol. The molecule has 2 fully saturated rings. The molecule has 4 atom stereocenters. The second kappa shape index (κ2) is 10.7. The maximum Gasteiger partial charge on any atom is 0.256 e. The summed E-state index contributed by atoms with van der Waals surface area (Å²) in [6.45, 7) is 11.6. The number of hydrogen-bond donors (Lipinski definition) is 1. The minimum absolute atomic E-state index is 0.0270. The molecule has 1 amide bonds. The number of aromatic nitrogens is 1. The number of pyridine rings is 1. The molecule has 5 rings (SSSR count). The predicted octanol–water partition coefficient (Wildman–Crippen LogP) is 5.07. The van der Waals surface area contributed by atoms with E-state index in [1.54, 1.807) is 6.20 Å². The van der Waals surface area contributed by atoms with Gasteiger partial charge in [0, 0.05) is 18.2 Å². The number of nitrogens with zero attached hydrogens (tertiary/aromatic N) is 2. The van der Waals surface area contributed by atoms with Gasteiger partial charge in [0.05, 0.1) is 61.2 Å². The van der Waals surface area contributed by atoms with Crippen molar-refractivity contribution in [2.45, 2.75) is 96.5 Å². The summed E-state index contributed by atoms with van der Waals surface area (Å²) in [5.41, 5.74) is 3.13. The highest BCUT2D eigenvalue weighted by molar-refractivity contribution is 6.01. The monoisotopic (exact) mass is 509 g/mol. The van der Waals surface area contributed by atoms with Crippen LogP contribution >= 0.6 is 0 Å². The highest BCUT2D eigenvalue weighted by Crippen LogP contribution is 2.43. The van der Waals surface area contributed by atoms with Crippen molar-refractivity contribution in [1.82, 2.24) is 4.98 Å². The molecule has 8 heteroatoms. The van der Waals surface area contributed by atoms with Crippen LogP contribution in [0.3, 0.4) is 0 Å². The summed E-state index contributed by atoms with van der Waals surface area (Å²) in [5.74, 6) is 0.717. The van der Waals surface area contributed by atoms with Crippen LogP contribution in [0.2, 0.25) is 0 Å². The van der Waals surface area contributed by atoms with Gasteiger partial charge in [0.25, 0.3) is 5.91 Å². The van der Waals surface area contributed by atoms with Gasteiger partial charge in [-0.1, -0.05) is 12.1 Å². The molecule has 0 radical (unpaired) electrons. The van der Waals surface area contributed by atoms with Gasteiger partial charge in [0.1, 0.15) is 11.9 Å². The number of nitrogens with one attached hydrogen (secondary N) is 1. The molecule has 1 unspecified atom stereocenters. The Morgan fingerprint density at radius 2 is 1.89 bits per heavy atom. The van der Waals surface area contributed by atoms with Gasteiger partial charge in [0.2, 0.25) is 0 Å². The van der Waals surface area contributed by atoms with Crippen molar-refractivity contribution < 1.29 is 23.7 Å². The third-order valence-electron chi connectivity index (χ3n) is 7.28. The van der Waals surface area contributed by atoms with E-state index >= 15 is 0 Å². The van der Waals surface area contributed by atoms with Crippen molar-refractivity contribution in [3.05, 3.63) is 47.7 Å². The molecule has 1 N–H and O–H groups in total. The maximum absolute atomic E-state index is 14.0. The molecule has 1 aromatic heterocycles. The summed E-state index contributed by atoms with van der Waals surface area (Å²) in [6, 6.07) is 10.1. The van der Waals surface area contributed by atoms with Gasteiger partial charge in [-0.15, -0.1) is 0 Å². The minimum atomic E-state index is -0.510. The van der Waals surface area contributed by atoms with E-state index < -0.39 is 11.7 Å². The second-order valence-electron chi connectivity index (χ2n) is 11.1. The Kier molecular flexibility index (Phi) is 7.54. The first-order valence-electron chi connectivity index (χ1n) is 13.4. The van der Waals surface area contributed by atoms with Gasteiger partial charge >= 0.3 is 0 Å². The van der Waals surface area contributed by atoms with Gasteiger partial charge < -0.3 is 29.2 Å². The Morgan fingerprint density at radius 3 is 2.62 bits per heavy atom. The van der Waals surface area contributed by atoms with Gasteiger partial charge in [-0.2, -0.15) is 0 Å². The van der Waals surface area contributed by atoms with Crippen molar-refractivity contribution in [2.24, 2.45) is 0 Å². The second-order valence-corrected chi connectivity index (χ2v) is 11.1. The summed E-state index contributed by atoms with van der Waals surface area (Å²) in [6.07, 6.45) is 3.80. The van der Waals surface area contributed by atoms with E-state index in [0.29, 0.717) is 26.2 Å². The van der Waals surface area contributed by atoms with E-state index in [1.165, 1.54) is 0 Å². The molecule has 0 spiro atoms. The lowest BCUT2D eigenvalue weighted by molar-refractivity contribution is -0.143. The fourth-order valence-electron chi connectivity index (χ4n) is 5.54. The Labute approximate surface area is 219 Å². The van der Waals surface area contributed by atoms with E-state index in [4.69, 9.17) is 18.9 Å². The van der Waals surface area contributed by atoms with Gasteiger partial charge in [-0.05, 0) is 71.2 Å². The number of rotatable bonds is 6. The van der Waals surface area contributed by atoms with Crippen LogP contribution in [0.25, 0.3) is 0 Å². The van der Waals surface area contributed by atoms with Crippen molar-refractivity contribution in [3.8, 4) is 0 Å². The number of hydrogen-bond acceptors (Lipinski definition) is 7. The van der Waals surface area contributed by atoms with E-state index in [2.05, 4.69) is 29.4 Å². The molecule has 0 aliphatic carbocycles. The number of ether oxygens (including phenoxy) is 4. The van der Waals surface area contributed by atoms with E-state index in [-0.39, 0.29) is 30.3 Å². The molecule has 2 saturated heterocycles. The van der Waals surface area contributed by atoms with Crippen LogP contribution in [0.4, 0.5) is 17.2 Å². The smallest absolute Gasteiger partial charge is 0.256 e. The molecule has 200 valence electrons. The number of carbonyl (C=O) groups excluding carboxylic acids is 1. The van der Waals surface area contributed by atoms with E-state index in [0.717, 1.165) is 41.2 Å². The Hall–Kier alpha value is -2.52. The number of fused-ring (bicyclic) bond motifs is 2. The van der Waals surface area contributed by atoms with Crippen molar-refractivity contribution >= 4 is 23.1 Å². The lowest BCUT2D eigenvalue weighted by atomic mass is 9.91. The SMILES string of the molecule is CC(C)O[C@H]1CC[C@H](C(=O)N2Cc3cccnc3Nc3ccc(C4(C)C[C@@H](OC(C)C)CO4)cc32)OC1. The molecule has 1 aromatic carbocycles. The average Bonchev–Trinajstić information content (AvgIpc) is 3.15. The number of benzene rings is 1. The fraction of sp³-hybridized carbons (Fsp3) is 0.586. The molecule has 3 aliphatic rings. The molecular formula is C29H39N3O5. The lowest BCUT2D eigenvalue weighted by Crippen LogP contribution is -2.44. The highest BCUT2D eigenvalue weighted by atomic mass is 16.6. The molecule has 0 bridgehead atoms. The summed E-state index contributed by atoms with van der Waals surface area (Å²) in [5, 5.41) is 3.45. The van der Waals surface area contributed by atoms with E-state index in [1.807, 2.05) is 50.8 Å². The number of carbonyl (C=O) groups is 1. The van der Waals surface area contributed by atoms with Crippen LogP contribution in [-0.2, 0) is 35.9 Å². The summed E-state index contributed by atoms with van der Waals surface area (Å²) < 4.78 is 24.3. The number of amides is 1. The third-order valence-corrected chi connectivity index (χ3v) is 7.28. The molecular weight excluding hydrogens is 470 g/mol. The molecule has 2 aromatic rings. The largest absolute Gasteiger partial charge is 0.373 e. The summed E-state index contributed by atoms with van der Waals surface area (Å²) in [7, 11) is 0. The molecule has 4 heterocycles. The van der Waals surface area contributed by atoms with Crippen molar-refractivity contribution in [1.29, 1.82) is 0 Å². The molecule has 3 aliphatic heterocycles. The highest BCUT2D eigenvalue weighted by Gasteiger charge is 2.40. The molecule has 0 saturated carbocycles. The molecule has 8 nitrogen and oxygen atoms in total. The van der Waals surface area contributed by atoms with Crippen molar-refractivity contribution in [3.63, 3.8) is 0 Å². The van der Waals surface area contributed by atoms with Crippen LogP contribution in [-0.4, -0.2) is 54.6 Å². The zero-order chi connectivity index (χ0) is 26.2. The van der Waals surface area contributed by atoms with Gasteiger partial charge in [-0.25, -0.2) is 4.98 Å². The zero-order valence-corrected chi connectivity index (χ0v) is 22.5. The molecule has 37 heavy (non-hydrogen) atoms. The van der Waals surface area contributed by atoms with E-state index in [9.17, 15) is 4.79 Å². The van der Waals surface area contributed by atoms with Crippen LogP contribution in [0.15, 0.2) is 36.5 Å². The first-order valence-corrected chi connectivity index (χ1v) is 13.4. The average molecular weight is 510 g/mol. The first-order chi connectivity index (χ1) is 17.7. The van der Waals surface area contributed by atoms with Gasteiger partial charge in [-0.3, -0.25) is 4.79 Å². The first kappa shape index (κ1) is 26.1. The summed E-state index contributed by atoms with van der Waals surface area (Å²) in [4.78, 5) is 20.3. The third kappa shape index (κ3) is 5.67. The fourth-order valence-corrected chi connectivity index (χ4v) is 5.54. The Bertz CT molecular complexity index is 1110. The van der Waals surface area contributed by atoms with Crippen molar-refractivity contribution in [2.75, 3.05) is 23.4 Å². The summed E-state index contributed by atoms with van der Waals surface area (Å²) >= 11 is 0. The van der Waals surface area contributed by atoms with Crippen LogP contribution in [0.5, 0.6) is 0 Å². The Morgan fingerprint density at radius 1 is 1.11 bits per heavy atom. The lowest BCUT2D eigenvalue weighted by Gasteiger charge is -2.33. The standard InChI is InChI=1S/C29H39N3O5/c1-18(2)36-22-9-11-26(34-16-22)28(33)32-15-20-7-6-12-30-27(20)31-24-10-8-21(13-25(24)32)29(5)14-23(17-35-29)37-19(3)4/h6-8,10,12-13,18-19,22-23,26H,9,11,14-17H2,1-5H3,(H,30,31)/t22-,23+,26+,29?/m0/s1. The van der Waals surface area contributed by atoms with Gasteiger partial charge in [0.15, 0.2) is 0 Å². The topological polar surface area (TPSA) is 82.2 Å². The maximum atomic E-state index is 14.0. The minimum Gasteiger partial charge on any atom is -0.373 e.